The van der Waals surface area contributed by atoms with Crippen molar-refractivity contribution < 1.29 is 76.9 Å². The summed E-state index contributed by atoms with van der Waals surface area (Å²) < 4.78 is 52.6. The van der Waals surface area contributed by atoms with Crippen LogP contribution in [0.5, 0.6) is 23.0 Å². The second-order valence-electron chi connectivity index (χ2n) is 36.9. The topological polar surface area (TPSA) is 578 Å². The minimum absolute atomic E-state index is 0.0680. The second-order valence-corrected chi connectivity index (χ2v) is 36.9. The molecule has 0 spiro atoms. The van der Waals surface area contributed by atoms with Gasteiger partial charge in [-0.05, 0) is 263 Å². The summed E-state index contributed by atoms with van der Waals surface area (Å²) in [5, 5.41) is 108. The highest BCUT2D eigenvalue weighted by Crippen LogP contribution is 2.39. The van der Waals surface area contributed by atoms with Gasteiger partial charge in [0.25, 0.3) is 29.7 Å². The van der Waals surface area contributed by atoms with Crippen molar-refractivity contribution in [3.05, 3.63) is 112 Å². The molecule has 736 valence electrons. The largest absolute Gasteiger partial charge is 0.489 e. The van der Waals surface area contributed by atoms with Gasteiger partial charge in [-0.25, -0.2) is 38.7 Å². The van der Waals surface area contributed by atoms with E-state index in [0.717, 1.165) is 117 Å². The molecule has 0 bridgehead atoms. The van der Waals surface area contributed by atoms with Crippen molar-refractivity contribution in [1.82, 2.24) is 131 Å². The molecule has 6 saturated carbocycles. The van der Waals surface area contributed by atoms with Gasteiger partial charge < -0.3 is 78.9 Å². The molecular weight excluding hydrogens is 1780 g/mol. The third kappa shape index (κ3) is 26.8. The summed E-state index contributed by atoms with van der Waals surface area (Å²) in [5.74, 6) is 3.54. The van der Waals surface area contributed by atoms with Crippen LogP contribution in [0, 0.1) is 69.1 Å². The molecule has 6 aliphatic rings. The standard InChI is InChI=1S/C24H33N7O4.C23H31N7O5.C23H29N7O4.C22H29N9O3/c1-14(2)8-11-21-27-24(29-35-21)25-13-19-22(28-30-31(19)4)18-9-10-20(15(3)26-18)34-17-7-5-6-16(12-17)23(32)33;1-13(2)33-12-20-26-23(28-35-20)24-11-18-21(27-29-30(18)4)17-8-9-19(14(3)25-17)34-16-7-5-6-15(10-16)22(31)32;1-13-19(33-16-5-3-4-15(11-16)22(31)32)9-8-17(25-13)21-18(30(2)29-27-21)12-24-23-26-20(34-28-23)10-14-6-7-14;1-13-19(34-16-5-3-4-15(10-16)21(32)33)9-8-17(24-13)20-18(30(2)28-25-20)11-23-22-26-29-31(27-22)12-14-6-7-14/h9-10,14,16-17H,5-8,11-13H2,1-4H3,(H,25,29)(H,32,33);8-9,13,15-16H,5-7,10-12H2,1-4H3,(H,24,28)(H,31,32);8-9,14-16H,3-7,10-12H2,1-2H3,(H,24,28)(H,31,32);8-9,14-16H,3-7,10-12H2,1-2H3,(H,23,27)(H,32,33)/t16-,17-;3*15-,16-/m0000/s1. The van der Waals surface area contributed by atoms with Crippen molar-refractivity contribution >= 4 is 47.7 Å². The fraction of sp³-hybridized carbons (Fsp3) is 0.576. The zero-order valence-electron chi connectivity index (χ0n) is 79.9. The van der Waals surface area contributed by atoms with E-state index in [9.17, 15) is 39.6 Å². The van der Waals surface area contributed by atoms with Crippen LogP contribution < -0.4 is 40.2 Å². The van der Waals surface area contributed by atoms with Gasteiger partial charge in [-0.2, -0.15) is 19.7 Å². The Labute approximate surface area is 795 Å². The molecule has 0 radical (unpaired) electrons. The first-order chi connectivity index (χ1) is 66.5. The van der Waals surface area contributed by atoms with Crippen LogP contribution in [0.1, 0.15) is 226 Å². The Bertz CT molecular complexity index is 5740. The maximum atomic E-state index is 11.4. The number of carbonyl (C=O) groups is 4. The number of pyridine rings is 4. The normalized spacial score (nSPS) is 19.2. The monoisotopic (exact) mass is 1900 g/mol. The first-order valence-electron chi connectivity index (χ1n) is 47.4. The van der Waals surface area contributed by atoms with Gasteiger partial charge in [-0.15, -0.1) is 25.5 Å². The van der Waals surface area contributed by atoms with Gasteiger partial charge in [0.1, 0.15) is 52.4 Å². The highest BCUT2D eigenvalue weighted by Gasteiger charge is 2.35. The van der Waals surface area contributed by atoms with E-state index in [1.54, 1.807) is 30.6 Å². The van der Waals surface area contributed by atoms with Crippen LogP contribution in [0.25, 0.3) is 45.6 Å². The van der Waals surface area contributed by atoms with E-state index in [1.165, 1.54) is 25.7 Å². The number of tetrazole rings is 1. The lowest BCUT2D eigenvalue weighted by Gasteiger charge is -2.27. The Hall–Kier alpha value is -14.1. The fourth-order valence-electron chi connectivity index (χ4n) is 17.0. The van der Waals surface area contributed by atoms with Gasteiger partial charge >= 0.3 is 23.9 Å². The van der Waals surface area contributed by atoms with E-state index < -0.39 is 23.9 Å². The Morgan fingerprint density at radius 3 is 1.03 bits per heavy atom. The Morgan fingerprint density at radius 1 is 0.391 bits per heavy atom. The van der Waals surface area contributed by atoms with Crippen molar-refractivity contribution in [2.45, 2.75) is 273 Å². The van der Waals surface area contributed by atoms with E-state index in [2.05, 4.69) is 127 Å². The van der Waals surface area contributed by atoms with E-state index in [0.29, 0.717) is 211 Å². The number of ether oxygens (including phenoxy) is 5. The molecule has 8 N–H and O–H groups in total. The number of carboxylic acid groups (broad SMARTS) is 4. The zero-order valence-corrected chi connectivity index (χ0v) is 79.9. The molecule has 46 nitrogen and oxygen atoms in total. The lowest BCUT2D eigenvalue weighted by Crippen LogP contribution is -2.29. The molecule has 0 aliphatic heterocycles. The molecule has 6 fully saturated rings. The number of aromatic nitrogens is 26. The molecule has 0 saturated heterocycles. The van der Waals surface area contributed by atoms with Crippen molar-refractivity contribution in [2.24, 2.45) is 69.6 Å². The van der Waals surface area contributed by atoms with Gasteiger partial charge in [0.05, 0.1) is 155 Å². The maximum Gasteiger partial charge on any atom is 0.306 e. The van der Waals surface area contributed by atoms with Gasteiger partial charge in [0, 0.05) is 41.0 Å². The predicted molar refractivity (Wildman–Crippen MR) is 494 cm³/mol. The Morgan fingerprint density at radius 2 is 0.710 bits per heavy atom. The van der Waals surface area contributed by atoms with E-state index >= 15 is 0 Å². The molecule has 6 aliphatic carbocycles. The van der Waals surface area contributed by atoms with Crippen LogP contribution in [-0.2, 0) is 104 Å². The van der Waals surface area contributed by atoms with Gasteiger partial charge in [-0.3, -0.25) is 19.2 Å². The molecule has 138 heavy (non-hydrogen) atoms. The lowest BCUT2D eigenvalue weighted by atomic mass is 9.87. The van der Waals surface area contributed by atoms with Crippen molar-refractivity contribution in [2.75, 3.05) is 21.3 Å². The fourth-order valence-corrected chi connectivity index (χ4v) is 17.0. The van der Waals surface area contributed by atoms with Gasteiger partial charge in [0.2, 0.25) is 11.8 Å². The first kappa shape index (κ1) is 98.4. The van der Waals surface area contributed by atoms with E-state index in [1.807, 2.05) is 111 Å². The molecule has 18 rings (SSSR count). The van der Waals surface area contributed by atoms with Crippen molar-refractivity contribution in [3.63, 3.8) is 0 Å². The highest BCUT2D eigenvalue weighted by atomic mass is 16.5. The van der Waals surface area contributed by atoms with Crippen LogP contribution in [0.15, 0.2) is 62.1 Å². The number of carboxylic acids is 4. The summed E-state index contributed by atoms with van der Waals surface area (Å²) in [6, 6.07) is 14.9. The number of hydrogen-bond acceptors (Lipinski definition) is 37. The molecule has 46 heteroatoms. The summed E-state index contributed by atoms with van der Waals surface area (Å²) >= 11 is 0. The predicted octanol–water partition coefficient (Wildman–Crippen LogP) is 12.3. The number of rotatable bonds is 38. The molecule has 0 unspecified atom stereocenters. The SMILES string of the molecule is Cc1nc(-c2nnn(C)c2CNc2nnn(CC3CC3)n2)ccc1O[C@H]1CCC[C@H](C(=O)O)C1.Cc1nc(-c2nnn(C)c2CNc2noc(CC3CC3)n2)ccc1O[C@H]1CCC[C@H](C(=O)O)C1.Cc1nc(-c2nnn(C)c2CNc2noc(CCC(C)C)n2)ccc1O[C@H]1CCC[C@H](C(=O)O)C1.Cc1nc(-c2nnn(C)c2CNc2noc(COC(C)C)n2)ccc1O[C@H]1CCC[C@H](C(=O)O)C1. The smallest absolute Gasteiger partial charge is 0.306 e. The lowest BCUT2D eigenvalue weighted by molar-refractivity contribution is -0.144. The van der Waals surface area contributed by atoms with E-state index in [-0.39, 0.29) is 60.8 Å². The molecular formula is C92H122N30O16. The number of nitrogens with zero attached hydrogens (tertiary/aromatic N) is 26. The minimum Gasteiger partial charge on any atom is -0.489 e. The average molecular weight is 1900 g/mol. The maximum absolute atomic E-state index is 11.4. The molecule has 12 heterocycles. The van der Waals surface area contributed by atoms with Crippen LogP contribution in [0.2, 0.25) is 0 Å². The number of aliphatic carboxylic acids is 4. The minimum atomic E-state index is -0.756. The third-order valence-corrected chi connectivity index (χ3v) is 25.2. The summed E-state index contributed by atoms with van der Waals surface area (Å²) in [7, 11) is 7.29. The summed E-state index contributed by atoms with van der Waals surface area (Å²) in [5.41, 5.74) is 11.5. The summed E-state index contributed by atoms with van der Waals surface area (Å²) in [6.07, 6.45) is 18.8. The summed E-state index contributed by atoms with van der Waals surface area (Å²) in [6.45, 7) is 18.4. The van der Waals surface area contributed by atoms with Crippen LogP contribution >= 0.6 is 0 Å². The quantitative estimate of drug-likeness (QED) is 0.0178. The highest BCUT2D eigenvalue weighted by molar-refractivity contribution is 5.72. The van der Waals surface area contributed by atoms with Crippen molar-refractivity contribution in [1.29, 1.82) is 0 Å². The van der Waals surface area contributed by atoms with Gasteiger partial charge in [-0.1, -0.05) is 39.8 Å². The second kappa shape index (κ2) is 45.7. The van der Waals surface area contributed by atoms with Crippen LogP contribution in [-0.4, -0.2) is 205 Å². The number of nitrogens with one attached hydrogen (secondary N) is 4. The first-order valence-corrected chi connectivity index (χ1v) is 47.4. The average Bonchev–Trinajstić information content (AvgIpc) is 1.65. The van der Waals surface area contributed by atoms with Crippen LogP contribution in [0.3, 0.4) is 0 Å². The third-order valence-electron chi connectivity index (χ3n) is 25.2. The Kier molecular flexibility index (Phi) is 32.6. The van der Waals surface area contributed by atoms with Crippen LogP contribution in [0.4, 0.5) is 23.8 Å². The molecule has 12 aromatic rings. The van der Waals surface area contributed by atoms with Crippen molar-refractivity contribution in [3.8, 4) is 68.5 Å². The Balaban J connectivity index is 0.000000140. The van der Waals surface area contributed by atoms with Gasteiger partial charge in [0.15, 0.2) is 0 Å². The molecule has 12 aromatic heterocycles. The number of hydrogen-bond donors (Lipinski definition) is 8. The zero-order chi connectivity index (χ0) is 97.2. The number of anilines is 4. The molecule has 8 atom stereocenters. The summed E-state index contributed by atoms with van der Waals surface area (Å²) in [4.78, 5) is 78.9. The van der Waals surface area contributed by atoms with E-state index in [4.69, 9.17) is 52.2 Å². The molecule has 0 amide bonds. The number of aryl methyl sites for hydroxylation is 9. The molecule has 0 aromatic carbocycles.